The van der Waals surface area contributed by atoms with Crippen LogP contribution in [0.15, 0.2) is 18.7 Å². The van der Waals surface area contributed by atoms with Gasteiger partial charge in [-0.3, -0.25) is 0 Å². The van der Waals surface area contributed by atoms with Crippen LogP contribution in [0.1, 0.15) is 21.6 Å². The number of hydrogen-bond acceptors (Lipinski definition) is 6. The molecule has 0 bridgehead atoms. The monoisotopic (exact) mass is 263 g/mol. The smallest absolute Gasteiger partial charge is 0.392 e. The Morgan fingerprint density at radius 2 is 2.32 bits per heavy atom. The molecule has 9 nitrogen and oxygen atoms in total. The molecule has 0 aliphatic rings. The second-order valence-corrected chi connectivity index (χ2v) is 3.78. The van der Waals surface area contributed by atoms with Gasteiger partial charge in [-0.15, -0.1) is 0 Å². The number of nitrogens with zero attached hydrogens (tertiary/aromatic N) is 5. The first-order valence-electron chi connectivity index (χ1n) is 5.19. The maximum absolute atomic E-state index is 11.0. The maximum Gasteiger partial charge on any atom is 0.392 e. The number of carboxylic acids is 1. The summed E-state index contributed by atoms with van der Waals surface area (Å²) in [5.74, 6) is -1.42. The van der Waals surface area contributed by atoms with Crippen LogP contribution in [0.5, 0.6) is 0 Å². The van der Waals surface area contributed by atoms with Crippen molar-refractivity contribution < 1.29 is 14.8 Å². The largest absolute Gasteiger partial charge is 0.478 e. The Morgan fingerprint density at radius 3 is 2.89 bits per heavy atom. The van der Waals surface area contributed by atoms with Crippen molar-refractivity contribution >= 4 is 11.8 Å². The fourth-order valence-corrected chi connectivity index (χ4v) is 1.59. The van der Waals surface area contributed by atoms with E-state index in [0.717, 1.165) is 0 Å². The Kier molecular flexibility index (Phi) is 3.19. The van der Waals surface area contributed by atoms with E-state index in [-0.39, 0.29) is 23.6 Å². The minimum atomic E-state index is -1.16. The third-order valence-corrected chi connectivity index (χ3v) is 2.43. The van der Waals surface area contributed by atoms with Gasteiger partial charge in [0.05, 0.1) is 22.6 Å². The molecule has 2 aromatic heterocycles. The van der Waals surface area contributed by atoms with Crippen molar-refractivity contribution in [3.63, 3.8) is 0 Å². The summed E-state index contributed by atoms with van der Waals surface area (Å²) in [7, 11) is 0. The van der Waals surface area contributed by atoms with E-state index in [1.807, 2.05) is 0 Å². The van der Waals surface area contributed by atoms with Gasteiger partial charge in [0.2, 0.25) is 0 Å². The van der Waals surface area contributed by atoms with E-state index in [1.165, 1.54) is 23.4 Å². The lowest BCUT2D eigenvalue weighted by molar-refractivity contribution is -0.390. The van der Waals surface area contributed by atoms with Crippen LogP contribution >= 0.6 is 0 Å². The van der Waals surface area contributed by atoms with Crippen molar-refractivity contribution in [3.8, 4) is 0 Å². The second-order valence-electron chi connectivity index (χ2n) is 3.78. The van der Waals surface area contributed by atoms with E-state index in [0.29, 0.717) is 5.56 Å². The van der Waals surface area contributed by atoms with Crippen LogP contribution in [-0.4, -0.2) is 35.7 Å². The first-order valence-corrected chi connectivity index (χ1v) is 5.19. The molecular formula is C10H9N5O4. The summed E-state index contributed by atoms with van der Waals surface area (Å²) < 4.78 is 1.28. The van der Waals surface area contributed by atoms with E-state index >= 15 is 0 Å². The molecule has 0 spiro atoms. The van der Waals surface area contributed by atoms with Gasteiger partial charge in [-0.25, -0.2) is 14.8 Å². The molecule has 0 fully saturated rings. The van der Waals surface area contributed by atoms with Gasteiger partial charge in [0.1, 0.15) is 18.4 Å². The molecule has 0 aliphatic carbocycles. The molecule has 9 heteroatoms. The van der Waals surface area contributed by atoms with Crippen molar-refractivity contribution in [3.05, 3.63) is 45.7 Å². The lowest BCUT2D eigenvalue weighted by Crippen LogP contribution is -2.10. The highest BCUT2D eigenvalue weighted by molar-refractivity contribution is 5.88. The molecule has 0 atom stereocenters. The van der Waals surface area contributed by atoms with E-state index in [4.69, 9.17) is 5.11 Å². The molecule has 0 saturated carbocycles. The van der Waals surface area contributed by atoms with Gasteiger partial charge < -0.3 is 15.2 Å². The highest BCUT2D eigenvalue weighted by Gasteiger charge is 2.19. The Bertz CT molecular complexity index is 651. The molecule has 0 unspecified atom stereocenters. The fourth-order valence-electron chi connectivity index (χ4n) is 1.59. The first-order chi connectivity index (χ1) is 8.99. The van der Waals surface area contributed by atoms with Crippen molar-refractivity contribution in [2.75, 3.05) is 0 Å². The second kappa shape index (κ2) is 4.80. The SMILES string of the molecule is Cc1cn(Cc2ncncc2C(=O)O)nc1[N+](=O)[O-]. The van der Waals surface area contributed by atoms with Crippen molar-refractivity contribution in [2.45, 2.75) is 13.5 Å². The molecule has 2 heterocycles. The highest BCUT2D eigenvalue weighted by Crippen LogP contribution is 2.15. The van der Waals surface area contributed by atoms with Gasteiger partial charge in [-0.2, -0.15) is 4.68 Å². The van der Waals surface area contributed by atoms with E-state index in [9.17, 15) is 14.9 Å². The molecule has 19 heavy (non-hydrogen) atoms. The molecule has 0 amide bonds. The van der Waals surface area contributed by atoms with E-state index < -0.39 is 10.9 Å². The number of aryl methyl sites for hydroxylation is 1. The molecule has 0 saturated heterocycles. The molecule has 2 aromatic rings. The van der Waals surface area contributed by atoms with Gasteiger partial charge in [-0.05, 0) is 11.8 Å². The zero-order valence-corrected chi connectivity index (χ0v) is 9.85. The average Bonchev–Trinajstić information content (AvgIpc) is 2.71. The lowest BCUT2D eigenvalue weighted by atomic mass is 10.2. The van der Waals surface area contributed by atoms with E-state index in [2.05, 4.69) is 15.1 Å². The summed E-state index contributed by atoms with van der Waals surface area (Å²) in [6.07, 6.45) is 3.86. The van der Waals surface area contributed by atoms with Crippen LogP contribution in [-0.2, 0) is 6.54 Å². The van der Waals surface area contributed by atoms with Crippen LogP contribution in [0.2, 0.25) is 0 Å². The first kappa shape index (κ1) is 12.6. The number of carboxylic acid groups (broad SMARTS) is 1. The zero-order valence-electron chi connectivity index (χ0n) is 9.85. The average molecular weight is 263 g/mol. The van der Waals surface area contributed by atoms with Crippen LogP contribution in [0, 0.1) is 17.0 Å². The Balaban J connectivity index is 2.34. The number of aromatic nitrogens is 4. The number of nitro groups is 1. The molecule has 98 valence electrons. The summed E-state index contributed by atoms with van der Waals surface area (Å²) in [4.78, 5) is 28.5. The van der Waals surface area contributed by atoms with Crippen LogP contribution in [0.3, 0.4) is 0 Å². The quantitative estimate of drug-likeness (QED) is 0.633. The predicted molar refractivity (Wildman–Crippen MR) is 61.7 cm³/mol. The molecule has 2 rings (SSSR count). The molecular weight excluding hydrogens is 254 g/mol. The summed E-state index contributed by atoms with van der Waals surface area (Å²) in [6, 6.07) is 0. The minimum Gasteiger partial charge on any atom is -0.478 e. The summed E-state index contributed by atoms with van der Waals surface area (Å²) in [6.45, 7) is 1.58. The molecule has 1 N–H and O–H groups in total. The number of aromatic carboxylic acids is 1. The summed E-state index contributed by atoms with van der Waals surface area (Å²) in [5, 5.41) is 23.4. The molecule has 0 aliphatic heterocycles. The number of carbonyl (C=O) groups is 1. The Labute approximate surface area is 106 Å². The lowest BCUT2D eigenvalue weighted by Gasteiger charge is -2.01. The van der Waals surface area contributed by atoms with Crippen molar-refractivity contribution in [2.24, 2.45) is 0 Å². The van der Waals surface area contributed by atoms with Crippen molar-refractivity contribution in [1.29, 1.82) is 0 Å². The van der Waals surface area contributed by atoms with Crippen LogP contribution < -0.4 is 0 Å². The Hall–Kier alpha value is -2.84. The summed E-state index contributed by atoms with van der Waals surface area (Å²) in [5.41, 5.74) is 0.578. The Morgan fingerprint density at radius 1 is 1.58 bits per heavy atom. The topological polar surface area (TPSA) is 124 Å². The van der Waals surface area contributed by atoms with Gasteiger partial charge in [-0.1, -0.05) is 0 Å². The molecule has 0 aromatic carbocycles. The van der Waals surface area contributed by atoms with Crippen LogP contribution in [0.4, 0.5) is 5.82 Å². The third kappa shape index (κ3) is 2.54. The number of hydrogen-bond donors (Lipinski definition) is 1. The minimum absolute atomic E-state index is 0.0266. The normalized spacial score (nSPS) is 10.4. The maximum atomic E-state index is 11.0. The van der Waals surface area contributed by atoms with Crippen molar-refractivity contribution in [1.82, 2.24) is 19.7 Å². The van der Waals surface area contributed by atoms with Crippen LogP contribution in [0.25, 0.3) is 0 Å². The summed E-state index contributed by atoms with van der Waals surface area (Å²) >= 11 is 0. The van der Waals surface area contributed by atoms with E-state index in [1.54, 1.807) is 6.92 Å². The van der Waals surface area contributed by atoms with Gasteiger partial charge in [0, 0.05) is 6.20 Å². The molecule has 0 radical (unpaired) electrons. The zero-order chi connectivity index (χ0) is 14.0. The van der Waals surface area contributed by atoms with Gasteiger partial charge in [0.25, 0.3) is 0 Å². The predicted octanol–water partition coefficient (Wildman–Crippen LogP) is 0.636. The number of rotatable bonds is 4. The van der Waals surface area contributed by atoms with Gasteiger partial charge >= 0.3 is 11.8 Å². The fraction of sp³-hybridized carbons (Fsp3) is 0.200. The third-order valence-electron chi connectivity index (χ3n) is 2.43. The van der Waals surface area contributed by atoms with Gasteiger partial charge in [0.15, 0.2) is 0 Å². The highest BCUT2D eigenvalue weighted by atomic mass is 16.6. The standard InChI is InChI=1S/C10H9N5O4/c1-6-3-14(13-9(6)15(18)19)4-8-7(10(16)17)2-11-5-12-8/h2-3,5H,4H2,1H3,(H,16,17).